The van der Waals surface area contributed by atoms with Crippen LogP contribution in [0.25, 0.3) is 0 Å². The van der Waals surface area contributed by atoms with Crippen molar-refractivity contribution in [2.75, 3.05) is 7.11 Å². The monoisotopic (exact) mass is 316 g/mol. The van der Waals surface area contributed by atoms with Crippen molar-refractivity contribution < 1.29 is 14.3 Å². The number of rotatable bonds is 5. The Morgan fingerprint density at radius 2 is 2.22 bits per heavy atom. The Hall–Kier alpha value is -2.41. The molecule has 1 heterocycles. The van der Waals surface area contributed by atoms with Crippen LogP contribution < -0.4 is 11.0 Å². The summed E-state index contributed by atoms with van der Waals surface area (Å²) in [6.07, 6.45) is 3.33. The SMILES string of the molecule is COC(=O)C(c1ccc(CN2NC=NN2)cc1)C1CCC(=O)C1. The number of methoxy groups -OCH3 is 1. The summed E-state index contributed by atoms with van der Waals surface area (Å²) >= 11 is 0. The van der Waals surface area contributed by atoms with Crippen molar-refractivity contribution >= 4 is 18.1 Å². The number of carbonyl (C=O) groups is 2. The number of Topliss-reactive ketones (excluding diaryl/α,β-unsaturated/α-hetero) is 1. The highest BCUT2D eigenvalue weighted by Crippen LogP contribution is 2.36. The van der Waals surface area contributed by atoms with E-state index in [0.717, 1.165) is 17.5 Å². The molecule has 0 radical (unpaired) electrons. The summed E-state index contributed by atoms with van der Waals surface area (Å²) in [6, 6.07) is 7.83. The zero-order valence-electron chi connectivity index (χ0n) is 13.0. The summed E-state index contributed by atoms with van der Waals surface area (Å²) in [5, 5.41) is 5.59. The van der Waals surface area contributed by atoms with Gasteiger partial charge in [-0.1, -0.05) is 24.3 Å². The van der Waals surface area contributed by atoms with E-state index in [1.165, 1.54) is 7.11 Å². The van der Waals surface area contributed by atoms with E-state index in [4.69, 9.17) is 4.74 Å². The van der Waals surface area contributed by atoms with Gasteiger partial charge in [0.05, 0.1) is 19.6 Å². The Morgan fingerprint density at radius 3 is 2.78 bits per heavy atom. The second-order valence-corrected chi connectivity index (χ2v) is 5.86. The third-order valence-electron chi connectivity index (χ3n) is 4.35. The van der Waals surface area contributed by atoms with Gasteiger partial charge in [-0.3, -0.25) is 15.0 Å². The second kappa shape index (κ2) is 6.78. The number of nitrogens with zero attached hydrogens (tertiary/aromatic N) is 2. The minimum absolute atomic E-state index is 0.0381. The van der Waals surface area contributed by atoms with Crippen molar-refractivity contribution in [3.8, 4) is 0 Å². The van der Waals surface area contributed by atoms with Crippen LogP contribution in [0, 0.1) is 5.92 Å². The molecule has 0 amide bonds. The van der Waals surface area contributed by atoms with Crippen LogP contribution in [0.15, 0.2) is 29.4 Å². The van der Waals surface area contributed by atoms with Gasteiger partial charge in [0.25, 0.3) is 0 Å². The minimum atomic E-state index is -0.369. The summed E-state index contributed by atoms with van der Waals surface area (Å²) in [5.74, 6) is -0.372. The van der Waals surface area contributed by atoms with Crippen LogP contribution in [0.3, 0.4) is 0 Å². The zero-order valence-corrected chi connectivity index (χ0v) is 13.0. The van der Waals surface area contributed by atoms with Gasteiger partial charge in [0, 0.05) is 12.8 Å². The molecule has 3 rings (SSSR count). The predicted octanol–water partition coefficient (Wildman–Crippen LogP) is 1.08. The quantitative estimate of drug-likeness (QED) is 0.791. The first-order valence-corrected chi connectivity index (χ1v) is 7.66. The van der Waals surface area contributed by atoms with Gasteiger partial charge in [0.1, 0.15) is 12.1 Å². The van der Waals surface area contributed by atoms with Gasteiger partial charge in [-0.05, 0) is 23.5 Å². The molecular weight excluding hydrogens is 296 g/mol. The molecule has 7 heteroatoms. The van der Waals surface area contributed by atoms with Crippen molar-refractivity contribution in [1.29, 1.82) is 0 Å². The van der Waals surface area contributed by atoms with E-state index in [9.17, 15) is 9.59 Å². The van der Waals surface area contributed by atoms with E-state index in [-0.39, 0.29) is 23.6 Å². The van der Waals surface area contributed by atoms with Crippen molar-refractivity contribution in [3.05, 3.63) is 35.4 Å². The highest BCUT2D eigenvalue weighted by atomic mass is 16.5. The van der Waals surface area contributed by atoms with Crippen LogP contribution in [0.4, 0.5) is 0 Å². The first kappa shape index (κ1) is 15.5. The van der Waals surface area contributed by atoms with Crippen LogP contribution in [-0.4, -0.2) is 30.3 Å². The number of nitrogens with one attached hydrogen (secondary N) is 2. The molecule has 2 N–H and O–H groups in total. The van der Waals surface area contributed by atoms with E-state index in [1.807, 2.05) is 24.3 Å². The van der Waals surface area contributed by atoms with Gasteiger partial charge >= 0.3 is 5.97 Å². The summed E-state index contributed by atoms with van der Waals surface area (Å²) in [4.78, 5) is 23.8. The van der Waals surface area contributed by atoms with Crippen molar-refractivity contribution in [2.24, 2.45) is 11.0 Å². The Morgan fingerprint density at radius 1 is 1.43 bits per heavy atom. The van der Waals surface area contributed by atoms with Crippen molar-refractivity contribution in [1.82, 2.24) is 16.1 Å². The maximum atomic E-state index is 12.2. The van der Waals surface area contributed by atoms with E-state index in [2.05, 4.69) is 16.1 Å². The standard InChI is InChI=1S/C16H20N4O3/c1-23-16(22)15(13-6-7-14(21)8-13)12-4-2-11(3-5-12)9-20-18-10-17-19-20/h2-5,10,13,15,19H,6-9H2,1H3,(H,17,18). The largest absolute Gasteiger partial charge is 0.469 e. The number of hydrogen-bond acceptors (Lipinski definition) is 7. The molecule has 0 spiro atoms. The Kier molecular flexibility index (Phi) is 4.57. The van der Waals surface area contributed by atoms with Crippen LogP contribution in [0.1, 0.15) is 36.3 Å². The van der Waals surface area contributed by atoms with Gasteiger partial charge in [0.2, 0.25) is 0 Å². The highest BCUT2D eigenvalue weighted by Gasteiger charge is 2.35. The van der Waals surface area contributed by atoms with Crippen LogP contribution in [0.2, 0.25) is 0 Å². The average Bonchev–Trinajstić information content (AvgIpc) is 3.21. The predicted molar refractivity (Wildman–Crippen MR) is 83.9 cm³/mol. The van der Waals surface area contributed by atoms with Gasteiger partial charge in [0.15, 0.2) is 0 Å². The van der Waals surface area contributed by atoms with Crippen LogP contribution in [-0.2, 0) is 20.9 Å². The molecule has 7 nitrogen and oxygen atoms in total. The van der Waals surface area contributed by atoms with Crippen molar-refractivity contribution in [2.45, 2.75) is 31.7 Å². The fourth-order valence-electron chi connectivity index (χ4n) is 3.18. The van der Waals surface area contributed by atoms with E-state index >= 15 is 0 Å². The van der Waals surface area contributed by atoms with Crippen LogP contribution >= 0.6 is 0 Å². The Labute approximate surface area is 134 Å². The lowest BCUT2D eigenvalue weighted by Gasteiger charge is -2.21. The maximum Gasteiger partial charge on any atom is 0.313 e. The van der Waals surface area contributed by atoms with Crippen molar-refractivity contribution in [3.63, 3.8) is 0 Å². The van der Waals surface area contributed by atoms with E-state index < -0.39 is 0 Å². The number of benzene rings is 1. The van der Waals surface area contributed by atoms with E-state index in [1.54, 1.807) is 11.5 Å². The lowest BCUT2D eigenvalue weighted by Crippen LogP contribution is -2.38. The molecule has 0 saturated heterocycles. The molecule has 2 unspecified atom stereocenters. The third-order valence-corrected chi connectivity index (χ3v) is 4.35. The lowest BCUT2D eigenvalue weighted by atomic mass is 9.84. The minimum Gasteiger partial charge on any atom is -0.469 e. The number of hydrogen-bond donors (Lipinski definition) is 2. The molecular formula is C16H20N4O3. The number of ether oxygens (including phenoxy) is 1. The first-order chi connectivity index (χ1) is 11.2. The average molecular weight is 316 g/mol. The molecule has 2 atom stereocenters. The molecule has 0 aromatic heterocycles. The Balaban J connectivity index is 1.73. The molecule has 0 bridgehead atoms. The normalized spacial score (nSPS) is 21.8. The van der Waals surface area contributed by atoms with Gasteiger partial charge in [-0.25, -0.2) is 5.53 Å². The molecule has 1 aliphatic heterocycles. The first-order valence-electron chi connectivity index (χ1n) is 7.66. The van der Waals surface area contributed by atoms with Gasteiger partial charge in [-0.15, -0.1) is 5.12 Å². The zero-order chi connectivity index (χ0) is 16.2. The number of carbonyl (C=O) groups excluding carboxylic acids is 2. The molecule has 1 aliphatic carbocycles. The molecule has 1 aromatic carbocycles. The van der Waals surface area contributed by atoms with Crippen LogP contribution in [0.5, 0.6) is 0 Å². The molecule has 1 fully saturated rings. The molecule has 1 aromatic rings. The summed E-state index contributed by atoms with van der Waals surface area (Å²) in [5.41, 5.74) is 7.71. The summed E-state index contributed by atoms with van der Waals surface area (Å²) in [6.45, 7) is 0.630. The Bertz CT molecular complexity index is 606. The number of hydrazone groups is 1. The molecule has 23 heavy (non-hydrogen) atoms. The molecule has 122 valence electrons. The number of ketones is 1. The fraction of sp³-hybridized carbons (Fsp3) is 0.438. The lowest BCUT2D eigenvalue weighted by molar-refractivity contribution is -0.143. The van der Waals surface area contributed by atoms with Gasteiger partial charge < -0.3 is 4.74 Å². The molecule has 2 aliphatic rings. The number of esters is 1. The second-order valence-electron chi connectivity index (χ2n) is 5.86. The molecule has 1 saturated carbocycles. The number of hydrazine groups is 2. The fourth-order valence-corrected chi connectivity index (χ4v) is 3.18. The maximum absolute atomic E-state index is 12.2. The highest BCUT2D eigenvalue weighted by molar-refractivity contribution is 5.84. The van der Waals surface area contributed by atoms with Gasteiger partial charge in [-0.2, -0.15) is 5.10 Å². The smallest absolute Gasteiger partial charge is 0.313 e. The topological polar surface area (TPSA) is 83.0 Å². The third kappa shape index (κ3) is 3.50. The van der Waals surface area contributed by atoms with E-state index in [0.29, 0.717) is 19.4 Å². The summed E-state index contributed by atoms with van der Waals surface area (Å²) in [7, 11) is 1.39. The summed E-state index contributed by atoms with van der Waals surface area (Å²) < 4.78 is 4.96.